The summed E-state index contributed by atoms with van der Waals surface area (Å²) in [6.45, 7) is 26.3. The number of benzene rings is 1. The number of carbonyl (C=O) groups excluding carboxylic acids is 2. The molecule has 1 aliphatic rings. The summed E-state index contributed by atoms with van der Waals surface area (Å²) in [6, 6.07) is 1.78. The second-order valence-corrected chi connectivity index (χ2v) is 7.25. The van der Waals surface area contributed by atoms with Gasteiger partial charge in [-0.3, -0.25) is 14.9 Å². The SMILES string of the molecule is C=CCN(CC=C)c1cc2c(c(N(CC=C)CC=C)c1N(CC=C)CC=C)C(=O)NC2=O. The lowest BCUT2D eigenvalue weighted by Gasteiger charge is -2.36. The summed E-state index contributed by atoms with van der Waals surface area (Å²) in [5, 5.41) is 2.45. The monoisotopic (exact) mass is 432 g/mol. The molecule has 0 fully saturated rings. The van der Waals surface area contributed by atoms with E-state index in [2.05, 4.69) is 54.6 Å². The van der Waals surface area contributed by atoms with E-state index in [-0.39, 0.29) is 0 Å². The number of imide groups is 1. The first-order chi connectivity index (χ1) is 15.5. The molecule has 0 aliphatic carbocycles. The normalized spacial score (nSPS) is 11.8. The Morgan fingerprint density at radius 3 is 1.47 bits per heavy atom. The number of fused-ring (bicyclic) bond motifs is 1. The molecule has 0 radical (unpaired) electrons. The summed E-state index contributed by atoms with van der Waals surface area (Å²) in [6.07, 6.45) is 10.7. The van der Waals surface area contributed by atoms with Crippen molar-refractivity contribution in [2.75, 3.05) is 54.0 Å². The molecule has 1 aliphatic heterocycles. The lowest BCUT2D eigenvalue weighted by Crippen LogP contribution is -2.34. The van der Waals surface area contributed by atoms with Gasteiger partial charge in [0.15, 0.2) is 0 Å². The zero-order valence-corrected chi connectivity index (χ0v) is 18.7. The molecule has 0 spiro atoms. The van der Waals surface area contributed by atoms with Gasteiger partial charge in [0.1, 0.15) is 0 Å². The summed E-state index contributed by atoms with van der Waals surface area (Å²) < 4.78 is 0. The molecule has 168 valence electrons. The van der Waals surface area contributed by atoms with E-state index in [9.17, 15) is 9.59 Å². The van der Waals surface area contributed by atoms with E-state index in [1.165, 1.54) is 0 Å². The second kappa shape index (κ2) is 11.6. The van der Waals surface area contributed by atoms with Crippen LogP contribution in [0.15, 0.2) is 82.0 Å². The van der Waals surface area contributed by atoms with Crippen molar-refractivity contribution < 1.29 is 9.59 Å². The molecule has 0 unspecified atom stereocenters. The maximum Gasteiger partial charge on any atom is 0.261 e. The third-order valence-electron chi connectivity index (χ3n) is 5.02. The highest BCUT2D eigenvalue weighted by molar-refractivity contribution is 6.26. The number of carbonyl (C=O) groups is 2. The minimum atomic E-state index is -0.415. The fourth-order valence-corrected chi connectivity index (χ4v) is 3.87. The Labute approximate surface area is 191 Å². The van der Waals surface area contributed by atoms with Crippen molar-refractivity contribution >= 4 is 28.9 Å². The Morgan fingerprint density at radius 1 is 0.625 bits per heavy atom. The quantitative estimate of drug-likeness (QED) is 0.334. The van der Waals surface area contributed by atoms with Crippen LogP contribution in [0, 0.1) is 0 Å². The molecule has 0 saturated carbocycles. The summed E-state index contributed by atoms with van der Waals surface area (Å²) in [7, 11) is 0. The van der Waals surface area contributed by atoms with Gasteiger partial charge >= 0.3 is 0 Å². The number of rotatable bonds is 15. The van der Waals surface area contributed by atoms with Gasteiger partial charge in [-0.05, 0) is 6.07 Å². The number of amides is 2. The lowest BCUT2D eigenvalue weighted by atomic mass is 10.00. The van der Waals surface area contributed by atoms with Crippen molar-refractivity contribution in [1.82, 2.24) is 5.32 Å². The average Bonchev–Trinajstić information content (AvgIpc) is 3.05. The molecule has 2 amide bonds. The molecule has 1 aromatic carbocycles. The molecule has 6 heteroatoms. The van der Waals surface area contributed by atoms with E-state index >= 15 is 0 Å². The Kier molecular flexibility index (Phi) is 8.83. The van der Waals surface area contributed by atoms with Crippen LogP contribution in [0.3, 0.4) is 0 Å². The Bertz CT molecular complexity index is 918. The zero-order valence-electron chi connectivity index (χ0n) is 18.7. The van der Waals surface area contributed by atoms with E-state index < -0.39 is 11.8 Å². The largest absolute Gasteiger partial charge is 0.362 e. The van der Waals surface area contributed by atoms with E-state index in [0.29, 0.717) is 56.1 Å². The summed E-state index contributed by atoms with van der Waals surface area (Å²) in [5.74, 6) is -0.825. The summed E-state index contributed by atoms with van der Waals surface area (Å²) in [5.41, 5.74) is 2.96. The number of anilines is 3. The maximum atomic E-state index is 12.9. The van der Waals surface area contributed by atoms with Crippen LogP contribution >= 0.6 is 0 Å². The van der Waals surface area contributed by atoms with Gasteiger partial charge in [-0.15, -0.1) is 39.5 Å². The molecule has 1 aromatic rings. The minimum absolute atomic E-state index is 0.345. The van der Waals surface area contributed by atoms with Gasteiger partial charge in [-0.25, -0.2) is 0 Å². The third kappa shape index (κ3) is 4.91. The van der Waals surface area contributed by atoms with Gasteiger partial charge in [0.05, 0.1) is 28.2 Å². The predicted octanol–water partition coefficient (Wildman–Crippen LogP) is 4.11. The first-order valence-corrected chi connectivity index (χ1v) is 10.5. The minimum Gasteiger partial charge on any atom is -0.362 e. The second-order valence-electron chi connectivity index (χ2n) is 7.25. The van der Waals surface area contributed by atoms with Gasteiger partial charge < -0.3 is 14.7 Å². The van der Waals surface area contributed by atoms with Gasteiger partial charge in [-0.2, -0.15) is 0 Å². The van der Waals surface area contributed by atoms with Crippen LogP contribution in [0.4, 0.5) is 17.1 Å². The predicted molar refractivity (Wildman–Crippen MR) is 136 cm³/mol. The fourth-order valence-electron chi connectivity index (χ4n) is 3.87. The highest BCUT2D eigenvalue weighted by Gasteiger charge is 2.36. The van der Waals surface area contributed by atoms with Crippen LogP contribution in [0.25, 0.3) is 0 Å². The molecule has 32 heavy (non-hydrogen) atoms. The van der Waals surface area contributed by atoms with Crippen LogP contribution in [-0.2, 0) is 0 Å². The lowest BCUT2D eigenvalue weighted by molar-refractivity contribution is 0.0880. The number of hydrogen-bond donors (Lipinski definition) is 1. The molecule has 1 N–H and O–H groups in total. The molecule has 6 nitrogen and oxygen atoms in total. The van der Waals surface area contributed by atoms with Crippen molar-refractivity contribution in [3.8, 4) is 0 Å². The van der Waals surface area contributed by atoms with Crippen molar-refractivity contribution in [3.63, 3.8) is 0 Å². The zero-order chi connectivity index (χ0) is 23.7. The van der Waals surface area contributed by atoms with Crippen molar-refractivity contribution in [1.29, 1.82) is 0 Å². The molecule has 0 saturated heterocycles. The summed E-state index contributed by atoms with van der Waals surface area (Å²) in [4.78, 5) is 31.8. The smallest absolute Gasteiger partial charge is 0.261 e. The van der Waals surface area contributed by atoms with E-state index in [1.807, 2.05) is 4.90 Å². The molecular formula is C26H32N4O2. The first-order valence-electron chi connectivity index (χ1n) is 10.5. The molecule has 2 rings (SSSR count). The average molecular weight is 433 g/mol. The molecule has 0 atom stereocenters. The molecule has 0 aromatic heterocycles. The standard InChI is InChI=1S/C26H32N4O2/c1-7-13-28(14-8-2)21-19-20-22(26(32)27-25(20)31)24(30(17-11-5)18-12-6)23(21)29(15-9-3)16-10-4/h7-12,19H,1-6,13-18H2,(H,27,31,32). The Balaban J connectivity index is 3.02. The van der Waals surface area contributed by atoms with E-state index in [1.54, 1.807) is 42.5 Å². The molecule has 1 heterocycles. The van der Waals surface area contributed by atoms with Crippen LogP contribution in [0.2, 0.25) is 0 Å². The number of nitrogens with zero attached hydrogens (tertiary/aromatic N) is 3. The van der Waals surface area contributed by atoms with E-state index in [0.717, 1.165) is 11.4 Å². The van der Waals surface area contributed by atoms with Crippen molar-refractivity contribution in [3.05, 3.63) is 93.1 Å². The van der Waals surface area contributed by atoms with Crippen LogP contribution in [-0.4, -0.2) is 51.1 Å². The highest BCUT2D eigenvalue weighted by atomic mass is 16.2. The Morgan fingerprint density at radius 2 is 1.03 bits per heavy atom. The topological polar surface area (TPSA) is 55.9 Å². The first kappa shape index (κ1) is 24.5. The van der Waals surface area contributed by atoms with Crippen molar-refractivity contribution in [2.45, 2.75) is 0 Å². The molecule has 0 bridgehead atoms. The fraction of sp³-hybridized carbons (Fsp3) is 0.231. The van der Waals surface area contributed by atoms with Gasteiger partial charge in [-0.1, -0.05) is 36.5 Å². The molecular weight excluding hydrogens is 400 g/mol. The van der Waals surface area contributed by atoms with Crippen molar-refractivity contribution in [2.24, 2.45) is 0 Å². The summed E-state index contributed by atoms with van der Waals surface area (Å²) >= 11 is 0. The number of hydrogen-bond acceptors (Lipinski definition) is 5. The van der Waals surface area contributed by atoms with E-state index in [4.69, 9.17) is 0 Å². The maximum absolute atomic E-state index is 12.9. The van der Waals surface area contributed by atoms with Crippen LogP contribution in [0.1, 0.15) is 20.7 Å². The van der Waals surface area contributed by atoms with Crippen LogP contribution < -0.4 is 20.0 Å². The third-order valence-corrected chi connectivity index (χ3v) is 5.02. The number of nitrogens with one attached hydrogen (secondary N) is 1. The van der Waals surface area contributed by atoms with Gasteiger partial charge in [0.25, 0.3) is 11.8 Å². The Hall–Kier alpha value is -3.80. The van der Waals surface area contributed by atoms with Gasteiger partial charge in [0, 0.05) is 39.3 Å². The van der Waals surface area contributed by atoms with Crippen LogP contribution in [0.5, 0.6) is 0 Å². The highest BCUT2D eigenvalue weighted by Crippen LogP contribution is 2.45. The van der Waals surface area contributed by atoms with Gasteiger partial charge in [0.2, 0.25) is 0 Å².